The Morgan fingerprint density at radius 3 is 2.65 bits per heavy atom. The lowest BCUT2D eigenvalue weighted by atomic mass is 10.1. The van der Waals surface area contributed by atoms with Crippen molar-refractivity contribution in [2.45, 2.75) is 6.42 Å². The number of carbonyl (C=O) groups is 2. The molecule has 0 unspecified atom stereocenters. The number of halogens is 1. The molecule has 0 aliphatic rings. The minimum Gasteiger partial charge on any atom is -0.396 e. The average molecular weight is 284 g/mol. The van der Waals surface area contributed by atoms with Gasteiger partial charge >= 0.3 is 0 Å². The van der Waals surface area contributed by atoms with Crippen LogP contribution in [0.15, 0.2) is 12.1 Å². The van der Waals surface area contributed by atoms with E-state index >= 15 is 0 Å². The zero-order valence-corrected chi connectivity index (χ0v) is 10.6. The normalized spacial score (nSPS) is 9.90. The van der Waals surface area contributed by atoms with Crippen LogP contribution in [0, 0.1) is 15.9 Å². The van der Waals surface area contributed by atoms with Crippen molar-refractivity contribution in [3.05, 3.63) is 33.6 Å². The van der Waals surface area contributed by atoms with E-state index in [1.807, 2.05) is 0 Å². The van der Waals surface area contributed by atoms with E-state index < -0.39 is 22.3 Å². The lowest BCUT2D eigenvalue weighted by molar-refractivity contribution is -0.385. The Kier molecular flexibility index (Phi) is 4.95. The number of carbonyl (C=O) groups excluding carboxylic acids is 2. The van der Waals surface area contributed by atoms with Gasteiger partial charge in [-0.1, -0.05) is 0 Å². The SMILES string of the molecule is CNC(=O)CCNC(=O)c1cc(N)c(F)cc1[N+](=O)[O-]. The Morgan fingerprint density at radius 2 is 2.10 bits per heavy atom. The Hall–Kier alpha value is -2.71. The minimum atomic E-state index is -0.974. The third-order valence-corrected chi connectivity index (χ3v) is 2.47. The zero-order chi connectivity index (χ0) is 15.3. The highest BCUT2D eigenvalue weighted by Crippen LogP contribution is 2.24. The number of hydrogen-bond donors (Lipinski definition) is 3. The standard InChI is InChI=1S/C11H13FN4O4/c1-14-10(17)2-3-15-11(18)6-4-8(13)7(12)5-9(6)16(19)20/h4-5H,2-3,13H2,1H3,(H,14,17)(H,15,18). The second kappa shape index (κ2) is 6.45. The highest BCUT2D eigenvalue weighted by molar-refractivity contribution is 5.99. The van der Waals surface area contributed by atoms with Crippen LogP contribution >= 0.6 is 0 Å². The number of nitrogens with zero attached hydrogens (tertiary/aromatic N) is 1. The number of hydrogen-bond acceptors (Lipinski definition) is 5. The van der Waals surface area contributed by atoms with Crippen molar-refractivity contribution in [2.24, 2.45) is 0 Å². The number of nitrogen functional groups attached to an aromatic ring is 1. The Morgan fingerprint density at radius 1 is 1.45 bits per heavy atom. The second-order valence-corrected chi connectivity index (χ2v) is 3.83. The van der Waals surface area contributed by atoms with E-state index in [-0.39, 0.29) is 30.1 Å². The molecule has 8 nitrogen and oxygen atoms in total. The van der Waals surface area contributed by atoms with Crippen molar-refractivity contribution in [3.8, 4) is 0 Å². The Labute approximate surface area is 113 Å². The number of anilines is 1. The van der Waals surface area contributed by atoms with Crippen LogP contribution in [0.1, 0.15) is 16.8 Å². The van der Waals surface area contributed by atoms with Gasteiger partial charge in [-0.05, 0) is 6.07 Å². The van der Waals surface area contributed by atoms with E-state index in [1.54, 1.807) is 0 Å². The highest BCUT2D eigenvalue weighted by Gasteiger charge is 2.22. The zero-order valence-electron chi connectivity index (χ0n) is 10.6. The molecule has 0 saturated carbocycles. The van der Waals surface area contributed by atoms with Gasteiger partial charge in [-0.25, -0.2) is 4.39 Å². The molecule has 0 atom stereocenters. The molecule has 1 aromatic carbocycles. The molecule has 108 valence electrons. The quantitative estimate of drug-likeness (QED) is 0.404. The van der Waals surface area contributed by atoms with Gasteiger partial charge in [0.15, 0.2) is 5.82 Å². The molecule has 1 rings (SSSR count). The van der Waals surface area contributed by atoms with E-state index in [1.165, 1.54) is 7.05 Å². The van der Waals surface area contributed by atoms with Crippen LogP contribution in [0.4, 0.5) is 15.8 Å². The number of nitro benzene ring substituents is 1. The topological polar surface area (TPSA) is 127 Å². The average Bonchev–Trinajstić information content (AvgIpc) is 2.40. The molecule has 0 bridgehead atoms. The van der Waals surface area contributed by atoms with Gasteiger partial charge in [0.1, 0.15) is 5.56 Å². The molecular formula is C11H13FN4O4. The van der Waals surface area contributed by atoms with Crippen LogP contribution in [0.2, 0.25) is 0 Å². The molecule has 20 heavy (non-hydrogen) atoms. The lowest BCUT2D eigenvalue weighted by Gasteiger charge is -2.07. The van der Waals surface area contributed by atoms with E-state index in [4.69, 9.17) is 5.73 Å². The van der Waals surface area contributed by atoms with Crippen molar-refractivity contribution in [3.63, 3.8) is 0 Å². The van der Waals surface area contributed by atoms with E-state index in [9.17, 15) is 24.1 Å². The number of benzene rings is 1. The maximum absolute atomic E-state index is 13.2. The van der Waals surface area contributed by atoms with Crippen LogP contribution in [-0.4, -0.2) is 30.3 Å². The first kappa shape index (κ1) is 15.3. The van der Waals surface area contributed by atoms with Crippen LogP contribution in [-0.2, 0) is 4.79 Å². The molecule has 1 aromatic rings. The molecule has 0 aliphatic heterocycles. The van der Waals surface area contributed by atoms with Gasteiger partial charge in [0, 0.05) is 20.0 Å². The van der Waals surface area contributed by atoms with E-state index in [0.717, 1.165) is 6.07 Å². The summed E-state index contributed by atoms with van der Waals surface area (Å²) in [5.41, 5.74) is 3.87. The summed E-state index contributed by atoms with van der Waals surface area (Å²) in [7, 11) is 1.44. The predicted octanol–water partition coefficient (Wildman–Crippen LogP) is 0.182. The van der Waals surface area contributed by atoms with Crippen molar-refractivity contribution in [1.82, 2.24) is 10.6 Å². The van der Waals surface area contributed by atoms with E-state index in [2.05, 4.69) is 10.6 Å². The van der Waals surface area contributed by atoms with Gasteiger partial charge in [-0.3, -0.25) is 19.7 Å². The maximum Gasteiger partial charge on any atom is 0.285 e. The van der Waals surface area contributed by atoms with Crippen molar-refractivity contribution >= 4 is 23.2 Å². The smallest absolute Gasteiger partial charge is 0.285 e. The van der Waals surface area contributed by atoms with Crippen LogP contribution in [0.5, 0.6) is 0 Å². The molecule has 0 heterocycles. The third kappa shape index (κ3) is 3.64. The fourth-order valence-corrected chi connectivity index (χ4v) is 1.42. The monoisotopic (exact) mass is 284 g/mol. The van der Waals surface area contributed by atoms with Crippen LogP contribution in [0.25, 0.3) is 0 Å². The lowest BCUT2D eigenvalue weighted by Crippen LogP contribution is -2.29. The minimum absolute atomic E-state index is 0.00700. The second-order valence-electron chi connectivity index (χ2n) is 3.83. The fourth-order valence-electron chi connectivity index (χ4n) is 1.42. The van der Waals surface area contributed by atoms with Crippen LogP contribution in [0.3, 0.4) is 0 Å². The Bertz CT molecular complexity index is 562. The summed E-state index contributed by atoms with van der Waals surface area (Å²) in [6, 6.07) is 1.48. The fraction of sp³-hybridized carbons (Fsp3) is 0.273. The first-order valence-corrected chi connectivity index (χ1v) is 5.59. The molecular weight excluding hydrogens is 271 g/mol. The summed E-state index contributed by atoms with van der Waals surface area (Å²) in [5.74, 6) is -2.07. The predicted molar refractivity (Wildman–Crippen MR) is 68.5 cm³/mol. The van der Waals surface area contributed by atoms with Gasteiger partial charge in [0.2, 0.25) is 5.91 Å². The molecule has 4 N–H and O–H groups in total. The molecule has 2 amide bonds. The molecule has 0 spiro atoms. The molecule has 0 aromatic heterocycles. The third-order valence-electron chi connectivity index (χ3n) is 2.47. The molecule has 9 heteroatoms. The van der Waals surface area contributed by atoms with Gasteiger partial charge in [-0.15, -0.1) is 0 Å². The number of rotatable bonds is 5. The number of nitrogens with one attached hydrogen (secondary N) is 2. The van der Waals surface area contributed by atoms with Crippen LogP contribution < -0.4 is 16.4 Å². The van der Waals surface area contributed by atoms with Crippen molar-refractivity contribution in [1.29, 1.82) is 0 Å². The molecule has 0 aliphatic carbocycles. The summed E-state index contributed by atoms with van der Waals surface area (Å²) >= 11 is 0. The summed E-state index contributed by atoms with van der Waals surface area (Å²) in [4.78, 5) is 32.6. The first-order valence-electron chi connectivity index (χ1n) is 5.59. The highest BCUT2D eigenvalue weighted by atomic mass is 19.1. The number of nitrogens with two attached hydrogens (primary N) is 1. The maximum atomic E-state index is 13.2. The summed E-state index contributed by atoms with van der Waals surface area (Å²) in [5, 5.41) is 15.5. The summed E-state index contributed by atoms with van der Waals surface area (Å²) < 4.78 is 13.2. The number of nitro groups is 1. The van der Waals surface area contributed by atoms with Crippen molar-refractivity contribution in [2.75, 3.05) is 19.3 Å². The van der Waals surface area contributed by atoms with Crippen molar-refractivity contribution < 1.29 is 18.9 Å². The molecule has 0 radical (unpaired) electrons. The van der Waals surface area contributed by atoms with Gasteiger partial charge in [0.05, 0.1) is 16.7 Å². The summed E-state index contributed by atoms with van der Waals surface area (Å²) in [6.07, 6.45) is 0.0206. The number of amides is 2. The van der Waals surface area contributed by atoms with Gasteiger partial charge in [0.25, 0.3) is 11.6 Å². The van der Waals surface area contributed by atoms with Gasteiger partial charge in [-0.2, -0.15) is 0 Å². The van der Waals surface area contributed by atoms with E-state index in [0.29, 0.717) is 6.07 Å². The Balaban J connectivity index is 2.89. The van der Waals surface area contributed by atoms with Gasteiger partial charge < -0.3 is 16.4 Å². The first-order chi connectivity index (χ1) is 9.36. The molecule has 0 fully saturated rings. The molecule has 0 saturated heterocycles. The largest absolute Gasteiger partial charge is 0.396 e. The summed E-state index contributed by atoms with van der Waals surface area (Å²) in [6.45, 7) is -0.00700.